The van der Waals surface area contributed by atoms with Crippen molar-refractivity contribution in [2.45, 2.75) is 56.7 Å². The van der Waals surface area contributed by atoms with Crippen LogP contribution >= 0.6 is 0 Å². The molecule has 0 amide bonds. The fraction of sp³-hybridized carbons (Fsp3) is 0.824. The van der Waals surface area contributed by atoms with Crippen molar-refractivity contribution in [2.75, 3.05) is 26.3 Å². The summed E-state index contributed by atoms with van der Waals surface area (Å²) in [4.78, 5) is 11.5. The Kier molecular flexibility index (Phi) is 5.49. The van der Waals surface area contributed by atoms with Crippen LogP contribution in [-0.4, -0.2) is 64.7 Å². The number of nitrogens with zero attached hydrogens (tertiary/aromatic N) is 3. The Bertz CT molecular complexity index is 675. The second-order valence-corrected chi connectivity index (χ2v) is 7.79. The fourth-order valence-corrected chi connectivity index (χ4v) is 3.78. The van der Waals surface area contributed by atoms with Crippen LogP contribution in [0.1, 0.15) is 50.8 Å². The van der Waals surface area contributed by atoms with Crippen LogP contribution in [0.5, 0.6) is 0 Å². The molecule has 152 valence electrons. The van der Waals surface area contributed by atoms with Crippen LogP contribution in [0.15, 0.2) is 4.42 Å². The molecule has 2 saturated heterocycles. The monoisotopic (exact) mass is 391 g/mol. The first kappa shape index (κ1) is 20.1. The molecule has 10 heteroatoms. The predicted octanol–water partition coefficient (Wildman–Crippen LogP) is 2.58. The van der Waals surface area contributed by atoms with E-state index >= 15 is 0 Å². The van der Waals surface area contributed by atoms with Gasteiger partial charge in [-0.2, -0.15) is 13.2 Å². The zero-order valence-electron chi connectivity index (χ0n) is 15.3. The highest BCUT2D eigenvalue weighted by Crippen LogP contribution is 2.45. The summed E-state index contributed by atoms with van der Waals surface area (Å²) in [6.45, 7) is 7.91. The Morgan fingerprint density at radius 1 is 1.33 bits per heavy atom. The van der Waals surface area contributed by atoms with E-state index in [-0.39, 0.29) is 11.3 Å². The van der Waals surface area contributed by atoms with Crippen molar-refractivity contribution >= 4 is 5.97 Å². The van der Waals surface area contributed by atoms with E-state index in [0.717, 1.165) is 44.1 Å². The molecular formula is C17H24F3N3O4. The van der Waals surface area contributed by atoms with Crippen molar-refractivity contribution in [1.29, 1.82) is 0 Å². The summed E-state index contributed by atoms with van der Waals surface area (Å²) in [5.74, 6) is -0.388. The molecule has 0 spiro atoms. The number of rotatable bonds is 3. The fourth-order valence-electron chi connectivity index (χ4n) is 3.78. The first-order chi connectivity index (χ1) is 12.6. The smallest absolute Gasteiger partial charge is 0.475 e. The number of aromatic nitrogens is 2. The molecule has 27 heavy (non-hydrogen) atoms. The van der Waals surface area contributed by atoms with Crippen molar-refractivity contribution in [3.8, 4) is 0 Å². The van der Waals surface area contributed by atoms with E-state index in [2.05, 4.69) is 28.9 Å². The number of aliphatic carboxylic acids is 1. The van der Waals surface area contributed by atoms with Crippen LogP contribution in [0.2, 0.25) is 0 Å². The van der Waals surface area contributed by atoms with Crippen molar-refractivity contribution in [1.82, 2.24) is 15.1 Å². The molecule has 1 aromatic rings. The molecule has 2 aliphatic heterocycles. The Labute approximate surface area is 154 Å². The Morgan fingerprint density at radius 3 is 2.48 bits per heavy atom. The molecule has 3 heterocycles. The van der Waals surface area contributed by atoms with E-state index in [1.807, 2.05) is 0 Å². The van der Waals surface area contributed by atoms with E-state index in [0.29, 0.717) is 5.92 Å². The van der Waals surface area contributed by atoms with Gasteiger partial charge in [0.1, 0.15) is 0 Å². The minimum Gasteiger partial charge on any atom is -0.475 e. The van der Waals surface area contributed by atoms with Crippen molar-refractivity contribution in [2.24, 2.45) is 5.92 Å². The number of hydrogen-bond acceptors (Lipinski definition) is 6. The number of ether oxygens (including phenoxy) is 1. The standard InChI is InChI=1S/C15H23N3O2.C2HF3O2/c1-10(2)13-16-17-14(20-13)15-8-18(12-4-3-5-12)6-11(15)7-19-9-15;3-2(4,5)1(6)7/h10-12H,3-9H2,1-2H3;(H,6,7)/t11-,15-;/m1./s1. The average Bonchev–Trinajstić information content (AvgIpc) is 3.17. The minimum absolute atomic E-state index is 0.0459. The lowest BCUT2D eigenvalue weighted by Gasteiger charge is -2.35. The zero-order valence-corrected chi connectivity index (χ0v) is 15.3. The number of carboxylic acids is 1. The van der Waals surface area contributed by atoms with E-state index in [9.17, 15) is 13.2 Å². The lowest BCUT2D eigenvalue weighted by atomic mass is 9.81. The summed E-state index contributed by atoms with van der Waals surface area (Å²) in [6.07, 6.45) is -0.997. The Morgan fingerprint density at radius 2 is 2.00 bits per heavy atom. The first-order valence-electron chi connectivity index (χ1n) is 9.09. The Hall–Kier alpha value is -1.68. The quantitative estimate of drug-likeness (QED) is 0.847. The predicted molar refractivity (Wildman–Crippen MR) is 87.3 cm³/mol. The lowest BCUT2D eigenvalue weighted by molar-refractivity contribution is -0.192. The van der Waals surface area contributed by atoms with Gasteiger partial charge in [0.05, 0.1) is 18.6 Å². The normalized spacial score (nSPS) is 28.6. The van der Waals surface area contributed by atoms with Crippen molar-refractivity contribution in [3.63, 3.8) is 0 Å². The summed E-state index contributed by atoms with van der Waals surface area (Å²) < 4.78 is 43.5. The molecule has 3 fully saturated rings. The second-order valence-electron chi connectivity index (χ2n) is 7.79. The van der Waals surface area contributed by atoms with Crippen LogP contribution in [0.4, 0.5) is 13.2 Å². The molecule has 0 aromatic carbocycles. The molecule has 0 radical (unpaired) electrons. The number of fused-ring (bicyclic) bond motifs is 1. The minimum atomic E-state index is -5.08. The number of carboxylic acid groups (broad SMARTS) is 1. The molecule has 1 saturated carbocycles. The highest BCUT2D eigenvalue weighted by molar-refractivity contribution is 5.73. The van der Waals surface area contributed by atoms with Gasteiger partial charge in [0.2, 0.25) is 11.8 Å². The topological polar surface area (TPSA) is 88.7 Å². The molecule has 3 aliphatic rings. The maximum atomic E-state index is 10.6. The maximum Gasteiger partial charge on any atom is 0.490 e. The molecule has 1 aromatic heterocycles. The van der Waals surface area contributed by atoms with E-state index in [1.54, 1.807) is 0 Å². The summed E-state index contributed by atoms with van der Waals surface area (Å²) in [6, 6.07) is 0.782. The number of halogens is 3. The SMILES string of the molecule is CC(C)c1nnc([C@]23COC[C@H]2CN(C2CCC2)C3)o1.O=C(O)C(F)(F)F. The van der Waals surface area contributed by atoms with Crippen molar-refractivity contribution in [3.05, 3.63) is 11.8 Å². The van der Waals surface area contributed by atoms with Crippen LogP contribution in [0.3, 0.4) is 0 Å². The highest BCUT2D eigenvalue weighted by Gasteiger charge is 2.56. The number of hydrogen-bond donors (Lipinski definition) is 1. The molecule has 1 aliphatic carbocycles. The van der Waals surface area contributed by atoms with Gasteiger partial charge in [0, 0.05) is 31.0 Å². The van der Waals surface area contributed by atoms with Crippen LogP contribution in [-0.2, 0) is 14.9 Å². The number of alkyl halides is 3. The Balaban J connectivity index is 0.000000260. The average molecular weight is 391 g/mol. The third-order valence-corrected chi connectivity index (χ3v) is 5.59. The van der Waals surface area contributed by atoms with Crippen LogP contribution in [0, 0.1) is 5.92 Å². The van der Waals surface area contributed by atoms with E-state index in [1.165, 1.54) is 19.3 Å². The second kappa shape index (κ2) is 7.38. The van der Waals surface area contributed by atoms with Gasteiger partial charge in [-0.3, -0.25) is 4.90 Å². The van der Waals surface area contributed by atoms with E-state index < -0.39 is 12.1 Å². The first-order valence-corrected chi connectivity index (χ1v) is 9.09. The van der Waals surface area contributed by atoms with Gasteiger partial charge in [0.15, 0.2) is 0 Å². The maximum absolute atomic E-state index is 10.6. The third-order valence-electron chi connectivity index (χ3n) is 5.59. The van der Waals surface area contributed by atoms with Crippen LogP contribution < -0.4 is 0 Å². The molecule has 7 nitrogen and oxygen atoms in total. The molecule has 4 rings (SSSR count). The van der Waals surface area contributed by atoms with Crippen LogP contribution in [0.25, 0.3) is 0 Å². The number of likely N-dealkylation sites (tertiary alicyclic amines) is 1. The highest BCUT2D eigenvalue weighted by atomic mass is 19.4. The molecule has 0 unspecified atom stereocenters. The summed E-state index contributed by atoms with van der Waals surface area (Å²) in [5.41, 5.74) is -0.0459. The van der Waals surface area contributed by atoms with Gasteiger partial charge in [-0.15, -0.1) is 10.2 Å². The van der Waals surface area contributed by atoms with Gasteiger partial charge in [-0.05, 0) is 12.8 Å². The van der Waals surface area contributed by atoms with Gasteiger partial charge >= 0.3 is 12.1 Å². The molecule has 2 atom stereocenters. The summed E-state index contributed by atoms with van der Waals surface area (Å²) in [7, 11) is 0. The largest absolute Gasteiger partial charge is 0.490 e. The summed E-state index contributed by atoms with van der Waals surface area (Å²) >= 11 is 0. The molecule has 1 N–H and O–H groups in total. The van der Waals surface area contributed by atoms with Gasteiger partial charge < -0.3 is 14.3 Å². The van der Waals surface area contributed by atoms with Gasteiger partial charge in [0.25, 0.3) is 0 Å². The third kappa shape index (κ3) is 3.96. The summed E-state index contributed by atoms with van der Waals surface area (Å²) in [5, 5.41) is 15.7. The van der Waals surface area contributed by atoms with E-state index in [4.69, 9.17) is 19.1 Å². The van der Waals surface area contributed by atoms with Crippen molar-refractivity contribution < 1.29 is 32.2 Å². The number of carbonyl (C=O) groups is 1. The molecular weight excluding hydrogens is 367 g/mol. The lowest BCUT2D eigenvalue weighted by Crippen LogP contribution is -2.42. The van der Waals surface area contributed by atoms with Gasteiger partial charge in [-0.25, -0.2) is 4.79 Å². The zero-order chi connectivity index (χ0) is 19.8. The van der Waals surface area contributed by atoms with Gasteiger partial charge in [-0.1, -0.05) is 20.3 Å². The molecule has 0 bridgehead atoms.